The first-order valence-electron chi connectivity index (χ1n) is 12.5. The van der Waals surface area contributed by atoms with E-state index in [0.717, 1.165) is 18.4 Å². The Labute approximate surface area is 202 Å². The Kier molecular flexibility index (Phi) is 5.45. The highest BCUT2D eigenvalue weighted by atomic mass is 16.6. The van der Waals surface area contributed by atoms with E-state index < -0.39 is 29.2 Å². The van der Waals surface area contributed by atoms with Gasteiger partial charge in [-0.1, -0.05) is 57.2 Å². The summed E-state index contributed by atoms with van der Waals surface area (Å²) in [5.41, 5.74) is -0.200. The number of aliphatic hydroxyl groups is 1. The zero-order valence-corrected chi connectivity index (χ0v) is 20.8. The van der Waals surface area contributed by atoms with Gasteiger partial charge in [0.25, 0.3) is 0 Å². The quantitative estimate of drug-likeness (QED) is 0.397. The van der Waals surface area contributed by atoms with Crippen molar-refractivity contribution >= 4 is 17.8 Å². The summed E-state index contributed by atoms with van der Waals surface area (Å²) < 4.78 is 12.3. The third-order valence-electron chi connectivity index (χ3n) is 9.14. The third-order valence-corrected chi connectivity index (χ3v) is 9.14. The molecule has 1 aliphatic heterocycles. The number of ether oxygens (including phenoxy) is 2. The highest BCUT2D eigenvalue weighted by Crippen LogP contribution is 2.64. The van der Waals surface area contributed by atoms with Crippen LogP contribution in [0.5, 0.6) is 0 Å². The molecule has 3 aliphatic carbocycles. The van der Waals surface area contributed by atoms with Crippen LogP contribution in [-0.4, -0.2) is 40.3 Å². The minimum Gasteiger partial charge on any atom is -0.447 e. The molecule has 3 fully saturated rings. The second kappa shape index (κ2) is 7.89. The second-order valence-corrected chi connectivity index (χ2v) is 11.8. The lowest BCUT2D eigenvalue weighted by Gasteiger charge is -2.34. The van der Waals surface area contributed by atoms with Crippen LogP contribution in [0.1, 0.15) is 59.4 Å². The van der Waals surface area contributed by atoms with E-state index in [2.05, 4.69) is 26.8 Å². The van der Waals surface area contributed by atoms with Gasteiger partial charge in [-0.25, -0.2) is 4.79 Å². The number of ketones is 1. The van der Waals surface area contributed by atoms with E-state index in [1.807, 2.05) is 44.2 Å². The van der Waals surface area contributed by atoms with Crippen molar-refractivity contribution in [3.05, 3.63) is 53.6 Å². The van der Waals surface area contributed by atoms with Gasteiger partial charge in [0, 0.05) is 12.5 Å². The smallest absolute Gasteiger partial charge is 0.331 e. The molecule has 0 aromatic heterocycles. The lowest BCUT2D eigenvalue weighted by Crippen LogP contribution is -2.52. The number of aliphatic hydroxyl groups excluding tert-OH is 1. The van der Waals surface area contributed by atoms with E-state index in [4.69, 9.17) is 9.47 Å². The number of benzene rings is 1. The Balaban J connectivity index is 1.53. The van der Waals surface area contributed by atoms with E-state index in [0.29, 0.717) is 23.8 Å². The monoisotopic (exact) mass is 464 g/mol. The Hall–Kier alpha value is -2.24. The van der Waals surface area contributed by atoms with Crippen LogP contribution in [0.2, 0.25) is 0 Å². The molecule has 5 rings (SSSR count). The summed E-state index contributed by atoms with van der Waals surface area (Å²) in [6, 6.07) is 9.50. The number of allylic oxidation sites excluding steroid dienone is 1. The van der Waals surface area contributed by atoms with Crippen LogP contribution in [0.15, 0.2) is 48.1 Å². The molecule has 0 amide bonds. The number of carbonyl (C=O) groups is 2. The zero-order chi connectivity index (χ0) is 24.5. The molecule has 8 unspecified atom stereocenters. The van der Waals surface area contributed by atoms with E-state index in [-0.39, 0.29) is 23.2 Å². The maximum absolute atomic E-state index is 14.1. The van der Waals surface area contributed by atoms with Gasteiger partial charge in [0.15, 0.2) is 5.60 Å². The molecule has 8 atom stereocenters. The zero-order valence-electron chi connectivity index (χ0n) is 20.8. The van der Waals surface area contributed by atoms with Gasteiger partial charge < -0.3 is 14.6 Å². The predicted molar refractivity (Wildman–Crippen MR) is 130 cm³/mol. The van der Waals surface area contributed by atoms with Crippen molar-refractivity contribution in [3.8, 4) is 0 Å². The van der Waals surface area contributed by atoms with Crippen LogP contribution in [0.4, 0.5) is 0 Å². The standard InChI is InChI=1S/C29H36O5/c1-17-15-21-20(27(21,3)4)13-14-28(5)26(34-28)23-24(31)18(2)16-29(23,25(17)32)33-22(30)12-11-19-9-7-6-8-10-19/h6-12,15,18,20-21,23-24,26,31H,13-14,16H2,1-5H3. The summed E-state index contributed by atoms with van der Waals surface area (Å²) in [6.45, 7) is 10.3. The maximum atomic E-state index is 14.1. The van der Waals surface area contributed by atoms with Crippen molar-refractivity contribution in [1.29, 1.82) is 0 Å². The SMILES string of the molecule is CC1=CC2C(CCC3(C)OC3C3C(O)C(C)CC3(OC(=O)C=Cc3ccccc3)C1=O)C2(C)C. The van der Waals surface area contributed by atoms with Gasteiger partial charge in [-0.15, -0.1) is 0 Å². The lowest BCUT2D eigenvalue weighted by molar-refractivity contribution is -0.168. The molecule has 0 spiro atoms. The van der Waals surface area contributed by atoms with Gasteiger partial charge in [-0.05, 0) is 67.1 Å². The van der Waals surface area contributed by atoms with Crippen LogP contribution in [0, 0.1) is 29.1 Å². The topological polar surface area (TPSA) is 76.1 Å². The molecule has 1 aromatic carbocycles. The molecule has 182 valence electrons. The molecule has 0 radical (unpaired) electrons. The fourth-order valence-corrected chi connectivity index (χ4v) is 6.83. The molecule has 1 saturated heterocycles. The molecule has 0 bridgehead atoms. The van der Waals surface area contributed by atoms with Crippen molar-refractivity contribution in [2.75, 3.05) is 0 Å². The number of carbonyl (C=O) groups excluding carboxylic acids is 2. The van der Waals surface area contributed by atoms with Gasteiger partial charge in [0.2, 0.25) is 5.78 Å². The Morgan fingerprint density at radius 3 is 2.62 bits per heavy atom. The number of Topliss-reactive ketones (excluding diaryl/α,β-unsaturated/α-hetero) is 1. The van der Waals surface area contributed by atoms with Crippen LogP contribution < -0.4 is 0 Å². The van der Waals surface area contributed by atoms with Crippen LogP contribution in [0.25, 0.3) is 6.08 Å². The molecular weight excluding hydrogens is 428 g/mol. The number of epoxide rings is 1. The van der Waals surface area contributed by atoms with Gasteiger partial charge in [0.1, 0.15) is 0 Å². The average molecular weight is 465 g/mol. The number of fused-ring (bicyclic) bond motifs is 4. The molecular formula is C29H36O5. The minimum absolute atomic E-state index is 0.144. The molecule has 5 nitrogen and oxygen atoms in total. The molecule has 1 heterocycles. The summed E-state index contributed by atoms with van der Waals surface area (Å²) in [7, 11) is 0. The van der Waals surface area contributed by atoms with Gasteiger partial charge in [-0.2, -0.15) is 0 Å². The molecule has 1 aromatic rings. The van der Waals surface area contributed by atoms with Crippen molar-refractivity contribution in [2.45, 2.75) is 77.3 Å². The average Bonchev–Trinajstić information content (AvgIpc) is 3.57. The summed E-state index contributed by atoms with van der Waals surface area (Å²) in [4.78, 5) is 27.2. The summed E-state index contributed by atoms with van der Waals surface area (Å²) >= 11 is 0. The van der Waals surface area contributed by atoms with E-state index in [1.54, 1.807) is 6.08 Å². The predicted octanol–water partition coefficient (Wildman–Crippen LogP) is 4.74. The second-order valence-electron chi connectivity index (χ2n) is 11.8. The van der Waals surface area contributed by atoms with Gasteiger partial charge >= 0.3 is 5.97 Å². The lowest BCUT2D eigenvalue weighted by atomic mass is 9.77. The van der Waals surface area contributed by atoms with Crippen molar-refractivity contribution in [1.82, 2.24) is 0 Å². The largest absolute Gasteiger partial charge is 0.447 e. The number of hydrogen-bond donors (Lipinski definition) is 1. The normalized spacial score (nSPS) is 42.6. The van der Waals surface area contributed by atoms with Crippen molar-refractivity contribution in [2.24, 2.45) is 29.1 Å². The maximum Gasteiger partial charge on any atom is 0.331 e. The Bertz CT molecular complexity index is 1060. The minimum atomic E-state index is -1.43. The first-order valence-corrected chi connectivity index (χ1v) is 12.5. The Morgan fingerprint density at radius 2 is 1.91 bits per heavy atom. The highest BCUT2D eigenvalue weighted by Gasteiger charge is 2.71. The molecule has 1 N–H and O–H groups in total. The van der Waals surface area contributed by atoms with E-state index in [9.17, 15) is 14.7 Å². The first-order chi connectivity index (χ1) is 16.0. The molecule has 4 aliphatic rings. The fourth-order valence-electron chi connectivity index (χ4n) is 6.83. The summed E-state index contributed by atoms with van der Waals surface area (Å²) in [6.07, 6.45) is 6.26. The third kappa shape index (κ3) is 3.68. The number of rotatable bonds is 3. The van der Waals surface area contributed by atoms with Crippen LogP contribution in [-0.2, 0) is 19.1 Å². The van der Waals surface area contributed by atoms with Crippen molar-refractivity contribution < 1.29 is 24.2 Å². The fraction of sp³-hybridized carbons (Fsp3) is 0.586. The first kappa shape index (κ1) is 23.5. The molecule has 2 saturated carbocycles. The van der Waals surface area contributed by atoms with Gasteiger partial charge in [0.05, 0.1) is 23.7 Å². The number of esters is 1. The summed E-state index contributed by atoms with van der Waals surface area (Å²) in [5.74, 6) is -0.704. The Morgan fingerprint density at radius 1 is 1.21 bits per heavy atom. The molecule has 5 heteroatoms. The van der Waals surface area contributed by atoms with Crippen LogP contribution >= 0.6 is 0 Å². The van der Waals surface area contributed by atoms with E-state index in [1.165, 1.54) is 6.08 Å². The highest BCUT2D eigenvalue weighted by molar-refractivity contribution is 6.04. The summed E-state index contributed by atoms with van der Waals surface area (Å²) in [5, 5.41) is 11.2. The van der Waals surface area contributed by atoms with Crippen molar-refractivity contribution in [3.63, 3.8) is 0 Å². The molecule has 34 heavy (non-hydrogen) atoms. The number of hydrogen-bond acceptors (Lipinski definition) is 5. The van der Waals surface area contributed by atoms with Crippen LogP contribution in [0.3, 0.4) is 0 Å². The van der Waals surface area contributed by atoms with Gasteiger partial charge in [-0.3, -0.25) is 4.79 Å². The van der Waals surface area contributed by atoms with E-state index >= 15 is 0 Å².